The van der Waals surface area contributed by atoms with E-state index in [1.54, 1.807) is 0 Å². The largest absolute Gasteiger partial charge is 0.444 e. The number of piperidine rings is 1. The standard InChI is InChI=1S/C18H33NO3/c1-6-13(7-2)10-18(21)11-14-8-9-15(12-18)19(14)16(20)22-17(3,4)5/h13-15,21H,6-12H2,1-5H3. The van der Waals surface area contributed by atoms with E-state index < -0.39 is 11.2 Å². The molecule has 4 nitrogen and oxygen atoms in total. The van der Waals surface area contributed by atoms with Gasteiger partial charge in [-0.2, -0.15) is 0 Å². The van der Waals surface area contributed by atoms with Gasteiger partial charge in [0.2, 0.25) is 0 Å². The van der Waals surface area contributed by atoms with Crippen molar-refractivity contribution in [2.75, 3.05) is 0 Å². The van der Waals surface area contributed by atoms with Gasteiger partial charge in [0.25, 0.3) is 0 Å². The zero-order valence-corrected chi connectivity index (χ0v) is 14.9. The molecule has 2 fully saturated rings. The molecule has 2 heterocycles. The molecule has 2 bridgehead atoms. The van der Waals surface area contributed by atoms with Crippen LogP contribution in [-0.4, -0.2) is 39.4 Å². The van der Waals surface area contributed by atoms with Crippen LogP contribution in [0.2, 0.25) is 0 Å². The molecule has 2 aliphatic rings. The van der Waals surface area contributed by atoms with Gasteiger partial charge in [-0.25, -0.2) is 4.79 Å². The van der Waals surface area contributed by atoms with Crippen molar-refractivity contribution in [2.24, 2.45) is 5.92 Å². The highest BCUT2D eigenvalue weighted by molar-refractivity contribution is 5.69. The Labute approximate surface area is 135 Å². The predicted molar refractivity (Wildman–Crippen MR) is 87.8 cm³/mol. The number of rotatable bonds is 4. The highest BCUT2D eigenvalue weighted by Gasteiger charge is 2.50. The second-order valence-corrected chi connectivity index (χ2v) is 8.29. The van der Waals surface area contributed by atoms with E-state index in [9.17, 15) is 9.90 Å². The summed E-state index contributed by atoms with van der Waals surface area (Å²) in [6.07, 6.45) is 6.30. The molecule has 0 aromatic rings. The average Bonchev–Trinajstić information content (AvgIpc) is 2.68. The average molecular weight is 311 g/mol. The Morgan fingerprint density at radius 3 is 2.14 bits per heavy atom. The maximum Gasteiger partial charge on any atom is 0.410 e. The molecule has 2 atom stereocenters. The fraction of sp³-hybridized carbons (Fsp3) is 0.944. The van der Waals surface area contributed by atoms with Gasteiger partial charge in [-0.1, -0.05) is 26.7 Å². The first-order chi connectivity index (χ1) is 10.2. The van der Waals surface area contributed by atoms with Crippen molar-refractivity contribution in [3.8, 4) is 0 Å². The van der Waals surface area contributed by atoms with Crippen LogP contribution in [0.3, 0.4) is 0 Å². The van der Waals surface area contributed by atoms with Crippen molar-refractivity contribution in [2.45, 2.75) is 103 Å². The molecule has 2 saturated heterocycles. The van der Waals surface area contributed by atoms with Crippen LogP contribution in [0.1, 0.15) is 79.6 Å². The molecular weight excluding hydrogens is 278 g/mol. The predicted octanol–water partition coefficient (Wildman–Crippen LogP) is 4.11. The van der Waals surface area contributed by atoms with Crippen molar-refractivity contribution in [3.63, 3.8) is 0 Å². The van der Waals surface area contributed by atoms with Crippen LogP contribution >= 0.6 is 0 Å². The van der Waals surface area contributed by atoms with Gasteiger partial charge in [0, 0.05) is 12.1 Å². The Morgan fingerprint density at radius 2 is 1.73 bits per heavy atom. The van der Waals surface area contributed by atoms with E-state index in [0.717, 1.165) is 32.1 Å². The molecule has 0 spiro atoms. The van der Waals surface area contributed by atoms with Crippen LogP contribution in [0.4, 0.5) is 4.79 Å². The fourth-order valence-electron chi connectivity index (χ4n) is 4.22. The highest BCUT2D eigenvalue weighted by Crippen LogP contribution is 2.44. The van der Waals surface area contributed by atoms with Crippen LogP contribution in [0.25, 0.3) is 0 Å². The van der Waals surface area contributed by atoms with E-state index in [2.05, 4.69) is 13.8 Å². The first kappa shape index (κ1) is 17.6. The molecule has 1 amide bonds. The van der Waals surface area contributed by atoms with Crippen molar-refractivity contribution < 1.29 is 14.6 Å². The summed E-state index contributed by atoms with van der Waals surface area (Å²) >= 11 is 0. The second kappa shape index (κ2) is 6.38. The minimum absolute atomic E-state index is 0.146. The number of aliphatic hydroxyl groups is 1. The third-order valence-corrected chi connectivity index (χ3v) is 5.28. The Balaban J connectivity index is 2.03. The van der Waals surface area contributed by atoms with Gasteiger partial charge in [0.15, 0.2) is 0 Å². The minimum atomic E-state index is -0.596. The van der Waals surface area contributed by atoms with Crippen LogP contribution in [-0.2, 0) is 4.74 Å². The third-order valence-electron chi connectivity index (χ3n) is 5.28. The molecule has 0 aromatic heterocycles. The Hall–Kier alpha value is -0.770. The molecule has 1 N–H and O–H groups in total. The van der Waals surface area contributed by atoms with Gasteiger partial charge in [-0.05, 0) is 58.8 Å². The van der Waals surface area contributed by atoms with Crippen molar-refractivity contribution in [3.05, 3.63) is 0 Å². The van der Waals surface area contributed by atoms with Crippen molar-refractivity contribution >= 4 is 6.09 Å². The van der Waals surface area contributed by atoms with E-state index in [1.807, 2.05) is 25.7 Å². The van der Waals surface area contributed by atoms with Crippen LogP contribution in [0.5, 0.6) is 0 Å². The number of nitrogens with zero attached hydrogens (tertiary/aromatic N) is 1. The van der Waals surface area contributed by atoms with Crippen LogP contribution in [0, 0.1) is 5.92 Å². The van der Waals surface area contributed by atoms with E-state index in [1.165, 1.54) is 0 Å². The lowest BCUT2D eigenvalue weighted by Crippen LogP contribution is -2.54. The normalized spacial score (nSPS) is 31.7. The number of carbonyl (C=O) groups excluding carboxylic acids is 1. The minimum Gasteiger partial charge on any atom is -0.444 e. The summed E-state index contributed by atoms with van der Waals surface area (Å²) in [6.45, 7) is 10.1. The Bertz CT molecular complexity index is 384. The zero-order valence-electron chi connectivity index (χ0n) is 14.9. The monoisotopic (exact) mass is 311 g/mol. The number of hydrogen-bond acceptors (Lipinski definition) is 3. The summed E-state index contributed by atoms with van der Waals surface area (Å²) < 4.78 is 5.55. The number of fused-ring (bicyclic) bond motifs is 2. The number of amides is 1. The van der Waals surface area contributed by atoms with Crippen molar-refractivity contribution in [1.29, 1.82) is 0 Å². The molecule has 0 saturated carbocycles. The molecule has 128 valence electrons. The molecule has 0 aliphatic carbocycles. The summed E-state index contributed by atoms with van der Waals surface area (Å²) in [4.78, 5) is 14.4. The van der Waals surface area contributed by atoms with Crippen LogP contribution in [0.15, 0.2) is 0 Å². The van der Waals surface area contributed by atoms with Gasteiger partial charge in [-0.3, -0.25) is 0 Å². The zero-order chi connectivity index (χ0) is 16.5. The number of carbonyl (C=O) groups is 1. The third kappa shape index (κ3) is 3.95. The summed E-state index contributed by atoms with van der Waals surface area (Å²) in [7, 11) is 0. The van der Waals surface area contributed by atoms with Gasteiger partial charge in [0.05, 0.1) is 5.60 Å². The lowest BCUT2D eigenvalue weighted by Gasteiger charge is -2.45. The first-order valence-corrected chi connectivity index (χ1v) is 8.91. The van der Waals surface area contributed by atoms with E-state index in [0.29, 0.717) is 18.8 Å². The molecule has 22 heavy (non-hydrogen) atoms. The van der Waals surface area contributed by atoms with Crippen molar-refractivity contribution in [1.82, 2.24) is 4.90 Å². The van der Waals surface area contributed by atoms with Gasteiger partial charge in [0.1, 0.15) is 5.60 Å². The Kier molecular flexibility index (Phi) is 5.10. The second-order valence-electron chi connectivity index (χ2n) is 8.29. The SMILES string of the molecule is CCC(CC)CC1(O)CC2CCC(C1)N2C(=O)OC(C)(C)C. The fourth-order valence-corrected chi connectivity index (χ4v) is 4.22. The quantitative estimate of drug-likeness (QED) is 0.850. The topological polar surface area (TPSA) is 49.8 Å². The lowest BCUT2D eigenvalue weighted by atomic mass is 9.78. The molecular formula is C18H33NO3. The first-order valence-electron chi connectivity index (χ1n) is 8.91. The molecule has 2 unspecified atom stereocenters. The van der Waals surface area contributed by atoms with E-state index in [-0.39, 0.29) is 18.2 Å². The lowest BCUT2D eigenvalue weighted by molar-refractivity contribution is -0.0705. The maximum atomic E-state index is 12.4. The molecule has 0 radical (unpaired) electrons. The molecule has 0 aromatic carbocycles. The molecule has 2 aliphatic heterocycles. The number of hydrogen-bond donors (Lipinski definition) is 1. The Morgan fingerprint density at radius 1 is 1.23 bits per heavy atom. The summed E-state index contributed by atoms with van der Waals surface area (Å²) in [5.41, 5.74) is -1.05. The highest BCUT2D eigenvalue weighted by atomic mass is 16.6. The molecule has 4 heteroatoms. The van der Waals surface area contributed by atoms with E-state index in [4.69, 9.17) is 4.74 Å². The van der Waals surface area contributed by atoms with Gasteiger partial charge < -0.3 is 14.7 Å². The number of ether oxygens (including phenoxy) is 1. The van der Waals surface area contributed by atoms with Crippen LogP contribution < -0.4 is 0 Å². The summed E-state index contributed by atoms with van der Waals surface area (Å²) in [5, 5.41) is 11.0. The summed E-state index contributed by atoms with van der Waals surface area (Å²) in [5.74, 6) is 0.581. The van der Waals surface area contributed by atoms with Gasteiger partial charge >= 0.3 is 6.09 Å². The van der Waals surface area contributed by atoms with E-state index >= 15 is 0 Å². The smallest absolute Gasteiger partial charge is 0.410 e. The summed E-state index contributed by atoms with van der Waals surface area (Å²) in [6, 6.07) is 0.293. The molecule has 2 rings (SSSR count). The maximum absolute atomic E-state index is 12.4. The van der Waals surface area contributed by atoms with Gasteiger partial charge in [-0.15, -0.1) is 0 Å².